The lowest BCUT2D eigenvalue weighted by Crippen LogP contribution is -1.98. The maximum absolute atomic E-state index is 13.1. The van der Waals surface area contributed by atoms with Crippen molar-refractivity contribution in [1.29, 1.82) is 0 Å². The van der Waals surface area contributed by atoms with Crippen molar-refractivity contribution in [3.63, 3.8) is 0 Å². The molecule has 0 fully saturated rings. The van der Waals surface area contributed by atoms with Gasteiger partial charge in [-0.15, -0.1) is 0 Å². The molecule has 0 atom stereocenters. The summed E-state index contributed by atoms with van der Waals surface area (Å²) in [6.45, 7) is 2.05. The number of ether oxygens (including phenoxy) is 1. The Balaban J connectivity index is 2.81. The summed E-state index contributed by atoms with van der Waals surface area (Å²) in [6.07, 6.45) is 2.77. The van der Waals surface area contributed by atoms with E-state index in [-0.39, 0.29) is 5.82 Å². The molecule has 1 aromatic carbocycles. The summed E-state index contributed by atoms with van der Waals surface area (Å²) >= 11 is 3.09. The van der Waals surface area contributed by atoms with Crippen LogP contribution in [0.3, 0.4) is 0 Å². The SMILES string of the molecule is CCOC(=O)C=Cc1cccc(F)c1Br. The first kappa shape index (κ1) is 11.9. The second kappa shape index (κ2) is 5.66. The van der Waals surface area contributed by atoms with Crippen molar-refractivity contribution in [3.8, 4) is 0 Å². The van der Waals surface area contributed by atoms with Crippen LogP contribution in [0.1, 0.15) is 12.5 Å². The van der Waals surface area contributed by atoms with E-state index >= 15 is 0 Å². The summed E-state index contributed by atoms with van der Waals surface area (Å²) in [5, 5.41) is 0. The van der Waals surface area contributed by atoms with E-state index in [1.54, 1.807) is 19.1 Å². The molecule has 0 amide bonds. The Morgan fingerprint density at radius 1 is 1.60 bits per heavy atom. The van der Waals surface area contributed by atoms with Crippen molar-refractivity contribution in [2.45, 2.75) is 6.92 Å². The van der Waals surface area contributed by atoms with Gasteiger partial charge in [-0.05, 0) is 40.6 Å². The number of hydrogen-bond donors (Lipinski definition) is 0. The number of esters is 1. The molecule has 0 saturated carbocycles. The Kier molecular flexibility index (Phi) is 4.49. The number of hydrogen-bond acceptors (Lipinski definition) is 2. The lowest BCUT2D eigenvalue weighted by atomic mass is 10.2. The molecule has 1 aromatic rings. The van der Waals surface area contributed by atoms with Crippen LogP contribution in [0, 0.1) is 5.82 Å². The maximum atomic E-state index is 13.1. The zero-order valence-corrected chi connectivity index (χ0v) is 9.75. The molecule has 1 rings (SSSR count). The molecule has 0 spiro atoms. The van der Waals surface area contributed by atoms with Crippen molar-refractivity contribution < 1.29 is 13.9 Å². The Hall–Kier alpha value is -1.16. The first-order chi connectivity index (χ1) is 7.15. The van der Waals surface area contributed by atoms with E-state index in [2.05, 4.69) is 15.9 Å². The summed E-state index contributed by atoms with van der Waals surface area (Å²) in [5.74, 6) is -0.797. The highest BCUT2D eigenvalue weighted by molar-refractivity contribution is 9.10. The zero-order chi connectivity index (χ0) is 11.3. The standard InChI is InChI=1S/C11H10BrFO2/c1-2-15-10(14)7-6-8-4-3-5-9(13)11(8)12/h3-7H,2H2,1H3. The van der Waals surface area contributed by atoms with Gasteiger partial charge in [0.2, 0.25) is 0 Å². The van der Waals surface area contributed by atoms with Crippen molar-refractivity contribution in [2.75, 3.05) is 6.61 Å². The Morgan fingerprint density at radius 2 is 2.33 bits per heavy atom. The molecule has 0 aliphatic carbocycles. The quantitative estimate of drug-likeness (QED) is 0.624. The first-order valence-electron chi connectivity index (χ1n) is 4.44. The summed E-state index contributed by atoms with van der Waals surface area (Å²) in [5.41, 5.74) is 0.600. The first-order valence-corrected chi connectivity index (χ1v) is 5.23. The van der Waals surface area contributed by atoms with Gasteiger partial charge in [-0.3, -0.25) is 0 Å². The van der Waals surface area contributed by atoms with Crippen molar-refractivity contribution in [2.24, 2.45) is 0 Å². The van der Waals surface area contributed by atoms with Crippen molar-refractivity contribution in [1.82, 2.24) is 0 Å². The van der Waals surface area contributed by atoms with Gasteiger partial charge in [0.1, 0.15) is 5.82 Å². The van der Waals surface area contributed by atoms with Gasteiger partial charge < -0.3 is 4.74 Å². The summed E-state index contributed by atoms with van der Waals surface area (Å²) in [4.78, 5) is 11.0. The molecule has 0 saturated heterocycles. The molecule has 0 aliphatic rings. The number of carbonyl (C=O) groups is 1. The molecule has 0 unspecified atom stereocenters. The van der Waals surface area contributed by atoms with E-state index < -0.39 is 5.97 Å². The smallest absolute Gasteiger partial charge is 0.330 e. The van der Waals surface area contributed by atoms with Gasteiger partial charge in [0, 0.05) is 6.08 Å². The van der Waals surface area contributed by atoms with Gasteiger partial charge in [0.15, 0.2) is 0 Å². The Morgan fingerprint density at radius 3 is 3.00 bits per heavy atom. The minimum atomic E-state index is -0.436. The van der Waals surface area contributed by atoms with Gasteiger partial charge in [-0.2, -0.15) is 0 Å². The average molecular weight is 273 g/mol. The molecule has 2 nitrogen and oxygen atoms in total. The molecule has 15 heavy (non-hydrogen) atoms. The number of benzene rings is 1. The topological polar surface area (TPSA) is 26.3 Å². The summed E-state index contributed by atoms with van der Waals surface area (Å²) in [6, 6.07) is 4.61. The molecule has 0 N–H and O–H groups in total. The normalized spacial score (nSPS) is 10.6. The van der Waals surface area contributed by atoms with Crippen molar-refractivity contribution in [3.05, 3.63) is 40.1 Å². The lowest BCUT2D eigenvalue weighted by molar-refractivity contribution is -0.137. The Bertz CT molecular complexity index is 388. The maximum Gasteiger partial charge on any atom is 0.330 e. The van der Waals surface area contributed by atoms with E-state index in [0.29, 0.717) is 16.6 Å². The second-order valence-corrected chi connectivity index (χ2v) is 3.52. The van der Waals surface area contributed by atoms with Gasteiger partial charge >= 0.3 is 5.97 Å². The molecule has 4 heteroatoms. The molecule has 0 heterocycles. The Labute approximate surface area is 95.9 Å². The van der Waals surface area contributed by atoms with Crippen molar-refractivity contribution >= 4 is 28.0 Å². The molecular formula is C11H10BrFO2. The second-order valence-electron chi connectivity index (χ2n) is 2.73. The molecule has 0 bridgehead atoms. The predicted octanol–water partition coefficient (Wildman–Crippen LogP) is 3.16. The van der Waals surface area contributed by atoms with Crippen LogP contribution in [-0.4, -0.2) is 12.6 Å². The third kappa shape index (κ3) is 3.47. The van der Waals surface area contributed by atoms with Gasteiger partial charge in [-0.1, -0.05) is 12.1 Å². The minimum Gasteiger partial charge on any atom is -0.463 e. The molecular weight excluding hydrogens is 263 g/mol. The van der Waals surface area contributed by atoms with Crippen LogP contribution in [-0.2, 0) is 9.53 Å². The van der Waals surface area contributed by atoms with Crippen LogP contribution >= 0.6 is 15.9 Å². The highest BCUT2D eigenvalue weighted by atomic mass is 79.9. The molecule has 80 valence electrons. The zero-order valence-electron chi connectivity index (χ0n) is 8.17. The molecule has 0 radical (unpaired) electrons. The highest BCUT2D eigenvalue weighted by Crippen LogP contribution is 2.21. The van der Waals surface area contributed by atoms with Gasteiger partial charge in [-0.25, -0.2) is 9.18 Å². The van der Waals surface area contributed by atoms with E-state index in [1.165, 1.54) is 18.2 Å². The summed E-state index contributed by atoms with van der Waals surface area (Å²) < 4.78 is 18.1. The van der Waals surface area contributed by atoms with E-state index in [9.17, 15) is 9.18 Å². The van der Waals surface area contributed by atoms with E-state index in [1.807, 2.05) is 0 Å². The molecule has 0 aromatic heterocycles. The average Bonchev–Trinajstić information content (AvgIpc) is 2.21. The van der Waals surface area contributed by atoms with Crippen LogP contribution in [0.4, 0.5) is 4.39 Å². The van der Waals surface area contributed by atoms with E-state index in [4.69, 9.17) is 4.74 Å². The van der Waals surface area contributed by atoms with E-state index in [0.717, 1.165) is 0 Å². The van der Waals surface area contributed by atoms with Crippen LogP contribution in [0.25, 0.3) is 6.08 Å². The fourth-order valence-corrected chi connectivity index (χ4v) is 1.39. The predicted molar refractivity (Wildman–Crippen MR) is 59.8 cm³/mol. The fourth-order valence-electron chi connectivity index (χ4n) is 0.997. The van der Waals surface area contributed by atoms with Crippen LogP contribution in [0.5, 0.6) is 0 Å². The van der Waals surface area contributed by atoms with Gasteiger partial charge in [0.25, 0.3) is 0 Å². The number of carbonyl (C=O) groups excluding carboxylic acids is 1. The molecule has 0 aliphatic heterocycles. The minimum absolute atomic E-state index is 0.327. The number of halogens is 2. The fraction of sp³-hybridized carbons (Fsp3) is 0.182. The third-order valence-corrected chi connectivity index (χ3v) is 2.50. The van der Waals surface area contributed by atoms with Gasteiger partial charge in [0.05, 0.1) is 11.1 Å². The number of rotatable bonds is 3. The lowest BCUT2D eigenvalue weighted by Gasteiger charge is -1.99. The summed E-state index contributed by atoms with van der Waals surface area (Å²) in [7, 11) is 0. The monoisotopic (exact) mass is 272 g/mol. The van der Waals surface area contributed by atoms with Crippen LogP contribution in [0.15, 0.2) is 28.7 Å². The largest absolute Gasteiger partial charge is 0.463 e. The van der Waals surface area contributed by atoms with Crippen LogP contribution in [0.2, 0.25) is 0 Å². The van der Waals surface area contributed by atoms with Crippen LogP contribution < -0.4 is 0 Å². The third-order valence-electron chi connectivity index (χ3n) is 1.67. The highest BCUT2D eigenvalue weighted by Gasteiger charge is 2.02.